The summed E-state index contributed by atoms with van der Waals surface area (Å²) < 4.78 is 7.11. The molecule has 0 saturated carbocycles. The second-order valence-electron chi connectivity index (χ2n) is 7.74. The van der Waals surface area contributed by atoms with Gasteiger partial charge in [-0.15, -0.1) is 0 Å². The Bertz CT molecular complexity index is 582. The normalized spacial score (nSPS) is 13.6. The standard InChI is InChI=1S/C22H33NOSi/c1-5-19(13-12-18-23)24-25(22(2,3)4,20-14-8-6-9-15-20)21-16-10-7-11-17-21/h6-11,14-17,19H,5,12-13,18,23H2,1-4H3. The third kappa shape index (κ3) is 4.41. The Balaban J connectivity index is 2.60. The smallest absolute Gasteiger partial charge is 0.261 e. The molecule has 2 aromatic rings. The molecule has 0 radical (unpaired) electrons. The van der Waals surface area contributed by atoms with Gasteiger partial charge in [0.25, 0.3) is 8.32 Å². The Morgan fingerprint density at radius 1 is 0.920 bits per heavy atom. The van der Waals surface area contributed by atoms with Crippen molar-refractivity contribution in [2.75, 3.05) is 6.54 Å². The first-order chi connectivity index (χ1) is 12.0. The number of hydrogen-bond donors (Lipinski definition) is 1. The van der Waals surface area contributed by atoms with E-state index in [9.17, 15) is 0 Å². The van der Waals surface area contributed by atoms with Gasteiger partial charge in [-0.1, -0.05) is 88.4 Å². The van der Waals surface area contributed by atoms with Crippen molar-refractivity contribution in [2.45, 2.75) is 58.1 Å². The molecular weight excluding hydrogens is 322 g/mol. The molecule has 2 N–H and O–H groups in total. The first kappa shape index (κ1) is 19.9. The van der Waals surface area contributed by atoms with E-state index in [-0.39, 0.29) is 11.1 Å². The Morgan fingerprint density at radius 2 is 1.40 bits per heavy atom. The SMILES string of the molecule is CCC(CCCN)O[Si](c1ccccc1)(c1ccccc1)C(C)(C)C. The van der Waals surface area contributed by atoms with Crippen LogP contribution in [0.1, 0.15) is 47.0 Å². The molecule has 0 spiro atoms. The fourth-order valence-electron chi connectivity index (χ4n) is 3.63. The number of nitrogens with two attached hydrogens (primary N) is 1. The minimum absolute atomic E-state index is 0.0336. The van der Waals surface area contributed by atoms with E-state index in [2.05, 4.69) is 88.4 Å². The summed E-state index contributed by atoms with van der Waals surface area (Å²) in [5.41, 5.74) is 5.76. The summed E-state index contributed by atoms with van der Waals surface area (Å²) in [6.07, 6.45) is 3.30. The second kappa shape index (κ2) is 8.79. The molecule has 0 aliphatic rings. The van der Waals surface area contributed by atoms with Gasteiger partial charge >= 0.3 is 0 Å². The molecule has 0 saturated heterocycles. The van der Waals surface area contributed by atoms with Crippen LogP contribution in [0.3, 0.4) is 0 Å². The van der Waals surface area contributed by atoms with Crippen molar-refractivity contribution in [3.05, 3.63) is 60.7 Å². The maximum absolute atomic E-state index is 7.11. The highest BCUT2D eigenvalue weighted by molar-refractivity contribution is 6.99. The van der Waals surface area contributed by atoms with Gasteiger partial charge in [0.05, 0.1) is 0 Å². The van der Waals surface area contributed by atoms with Crippen LogP contribution < -0.4 is 16.1 Å². The van der Waals surface area contributed by atoms with Crippen LogP contribution in [0.4, 0.5) is 0 Å². The Kier molecular flexibility index (Phi) is 7.00. The Labute approximate surface area is 154 Å². The number of rotatable bonds is 8. The lowest BCUT2D eigenvalue weighted by molar-refractivity contribution is 0.171. The first-order valence-corrected chi connectivity index (χ1v) is 11.4. The summed E-state index contributed by atoms with van der Waals surface area (Å²) in [5.74, 6) is 0. The van der Waals surface area contributed by atoms with E-state index in [4.69, 9.17) is 10.2 Å². The van der Waals surface area contributed by atoms with Crippen LogP contribution in [0.2, 0.25) is 5.04 Å². The monoisotopic (exact) mass is 355 g/mol. The van der Waals surface area contributed by atoms with Crippen LogP contribution in [-0.4, -0.2) is 21.0 Å². The van der Waals surface area contributed by atoms with Crippen LogP contribution in [-0.2, 0) is 4.43 Å². The summed E-state index contributed by atoms with van der Waals surface area (Å²) in [6, 6.07) is 21.7. The lowest BCUT2D eigenvalue weighted by Gasteiger charge is -2.45. The zero-order valence-electron chi connectivity index (χ0n) is 16.2. The van der Waals surface area contributed by atoms with Crippen LogP contribution >= 0.6 is 0 Å². The zero-order chi connectivity index (χ0) is 18.3. The van der Waals surface area contributed by atoms with E-state index < -0.39 is 8.32 Å². The number of hydrogen-bond acceptors (Lipinski definition) is 2. The zero-order valence-corrected chi connectivity index (χ0v) is 17.2. The average Bonchev–Trinajstić information content (AvgIpc) is 2.62. The van der Waals surface area contributed by atoms with Gasteiger partial charge in [-0.25, -0.2) is 0 Å². The van der Waals surface area contributed by atoms with Crippen molar-refractivity contribution in [1.29, 1.82) is 0 Å². The molecule has 2 aromatic carbocycles. The van der Waals surface area contributed by atoms with Crippen LogP contribution in [0.5, 0.6) is 0 Å². The molecule has 1 unspecified atom stereocenters. The molecule has 1 atom stereocenters. The molecule has 0 aliphatic heterocycles. The van der Waals surface area contributed by atoms with Crippen molar-refractivity contribution in [3.63, 3.8) is 0 Å². The van der Waals surface area contributed by atoms with Crippen molar-refractivity contribution in [1.82, 2.24) is 0 Å². The van der Waals surface area contributed by atoms with Gasteiger partial charge in [0, 0.05) is 6.10 Å². The minimum atomic E-state index is -2.42. The van der Waals surface area contributed by atoms with Gasteiger partial charge < -0.3 is 10.2 Å². The van der Waals surface area contributed by atoms with E-state index in [1.54, 1.807) is 0 Å². The van der Waals surface area contributed by atoms with Crippen LogP contribution in [0.25, 0.3) is 0 Å². The van der Waals surface area contributed by atoms with Crippen LogP contribution in [0.15, 0.2) is 60.7 Å². The molecule has 2 rings (SSSR count). The molecule has 0 aliphatic carbocycles. The van der Waals surface area contributed by atoms with E-state index in [1.807, 2.05) is 0 Å². The molecule has 0 bridgehead atoms. The fraction of sp³-hybridized carbons (Fsp3) is 0.455. The largest absolute Gasteiger partial charge is 0.404 e. The second-order valence-corrected chi connectivity index (χ2v) is 12.0. The minimum Gasteiger partial charge on any atom is -0.404 e. The van der Waals surface area contributed by atoms with Crippen molar-refractivity contribution >= 4 is 18.7 Å². The lowest BCUT2D eigenvalue weighted by Crippen LogP contribution is -2.67. The number of benzene rings is 2. The summed E-state index contributed by atoms with van der Waals surface area (Å²) in [5, 5.41) is 2.73. The lowest BCUT2D eigenvalue weighted by atomic mass is 10.1. The summed E-state index contributed by atoms with van der Waals surface area (Å²) in [6.45, 7) is 9.93. The van der Waals surface area contributed by atoms with E-state index >= 15 is 0 Å². The first-order valence-electron chi connectivity index (χ1n) is 9.44. The van der Waals surface area contributed by atoms with E-state index in [1.165, 1.54) is 10.4 Å². The Hall–Kier alpha value is -1.42. The summed E-state index contributed by atoms with van der Waals surface area (Å²) >= 11 is 0. The third-order valence-electron chi connectivity index (χ3n) is 4.95. The average molecular weight is 356 g/mol. The van der Waals surface area contributed by atoms with Crippen molar-refractivity contribution in [2.24, 2.45) is 5.73 Å². The van der Waals surface area contributed by atoms with Gasteiger partial charge in [-0.3, -0.25) is 0 Å². The van der Waals surface area contributed by atoms with Gasteiger partial charge in [0.2, 0.25) is 0 Å². The highest BCUT2D eigenvalue weighted by atomic mass is 28.4. The molecule has 2 nitrogen and oxygen atoms in total. The van der Waals surface area contributed by atoms with Crippen LogP contribution in [0, 0.1) is 0 Å². The molecule has 0 aromatic heterocycles. The van der Waals surface area contributed by atoms with E-state index in [0.29, 0.717) is 0 Å². The van der Waals surface area contributed by atoms with E-state index in [0.717, 1.165) is 25.8 Å². The fourth-order valence-corrected chi connectivity index (χ4v) is 8.43. The van der Waals surface area contributed by atoms with Crippen molar-refractivity contribution < 1.29 is 4.43 Å². The maximum atomic E-state index is 7.11. The summed E-state index contributed by atoms with van der Waals surface area (Å²) in [7, 11) is -2.42. The molecule has 0 heterocycles. The Morgan fingerprint density at radius 3 is 1.76 bits per heavy atom. The molecule has 3 heteroatoms. The molecule has 25 heavy (non-hydrogen) atoms. The highest BCUT2D eigenvalue weighted by Gasteiger charge is 2.51. The predicted molar refractivity (Wildman–Crippen MR) is 111 cm³/mol. The molecule has 0 amide bonds. The van der Waals surface area contributed by atoms with Gasteiger partial charge in [-0.05, 0) is 41.2 Å². The molecular formula is C22H33NOSi. The summed E-state index contributed by atoms with van der Waals surface area (Å²) in [4.78, 5) is 0. The maximum Gasteiger partial charge on any atom is 0.261 e. The quantitative estimate of drug-likeness (QED) is 0.724. The third-order valence-corrected chi connectivity index (χ3v) is 10.0. The molecule has 136 valence electrons. The molecule has 0 fully saturated rings. The van der Waals surface area contributed by atoms with Crippen molar-refractivity contribution in [3.8, 4) is 0 Å². The predicted octanol–water partition coefficient (Wildman–Crippen LogP) is 4.08. The van der Waals surface area contributed by atoms with Gasteiger partial charge in [-0.2, -0.15) is 0 Å². The van der Waals surface area contributed by atoms with Gasteiger partial charge in [0.15, 0.2) is 0 Å². The highest BCUT2D eigenvalue weighted by Crippen LogP contribution is 2.38. The van der Waals surface area contributed by atoms with Gasteiger partial charge in [0.1, 0.15) is 0 Å². The topological polar surface area (TPSA) is 35.2 Å².